The van der Waals surface area contributed by atoms with Crippen LogP contribution in [0.5, 0.6) is 0 Å². The number of carbonyl (C=O) groups excluding carboxylic acids is 1. The molecule has 0 radical (unpaired) electrons. The molecule has 1 aliphatic rings. The summed E-state index contributed by atoms with van der Waals surface area (Å²) in [6, 6.07) is 0. The van der Waals surface area contributed by atoms with Crippen LogP contribution >= 0.6 is 0 Å². The molecular formula is C13H26N2O2. The van der Waals surface area contributed by atoms with Gasteiger partial charge in [0.05, 0.1) is 0 Å². The third kappa shape index (κ3) is 5.50. The van der Waals surface area contributed by atoms with Gasteiger partial charge in [-0.05, 0) is 13.3 Å². The van der Waals surface area contributed by atoms with Crippen molar-refractivity contribution >= 4 is 5.91 Å². The van der Waals surface area contributed by atoms with Crippen molar-refractivity contribution in [1.29, 1.82) is 0 Å². The van der Waals surface area contributed by atoms with Gasteiger partial charge in [0.15, 0.2) is 0 Å². The van der Waals surface area contributed by atoms with Crippen molar-refractivity contribution in [2.75, 3.05) is 32.8 Å². The fourth-order valence-electron chi connectivity index (χ4n) is 2.00. The van der Waals surface area contributed by atoms with Gasteiger partial charge in [-0.15, -0.1) is 0 Å². The first-order valence-corrected chi connectivity index (χ1v) is 6.86. The number of nitrogens with one attached hydrogen (secondary N) is 1. The van der Waals surface area contributed by atoms with Crippen molar-refractivity contribution in [2.45, 2.75) is 45.6 Å². The molecule has 1 aliphatic heterocycles. The minimum absolute atomic E-state index is 0.141. The van der Waals surface area contributed by atoms with Crippen LogP contribution in [0.4, 0.5) is 0 Å². The van der Waals surface area contributed by atoms with E-state index < -0.39 is 0 Å². The fraction of sp³-hybridized carbons (Fsp3) is 0.923. The molecule has 0 bridgehead atoms. The molecule has 4 nitrogen and oxygen atoms in total. The first kappa shape index (κ1) is 14.5. The molecule has 0 saturated carbocycles. The Kier molecular flexibility index (Phi) is 7.21. The highest BCUT2D eigenvalue weighted by Gasteiger charge is 2.21. The summed E-state index contributed by atoms with van der Waals surface area (Å²) in [5.74, 6) is 0.141. The molecule has 1 N–H and O–H groups in total. The summed E-state index contributed by atoms with van der Waals surface area (Å²) in [6.07, 6.45) is 4.46. The second-order valence-electron chi connectivity index (χ2n) is 4.65. The molecule has 1 rings (SSSR count). The van der Waals surface area contributed by atoms with Gasteiger partial charge in [0.1, 0.15) is 6.10 Å². The highest BCUT2D eigenvalue weighted by molar-refractivity contribution is 5.80. The lowest BCUT2D eigenvalue weighted by Crippen LogP contribution is -2.49. The number of ether oxygens (including phenoxy) is 1. The zero-order chi connectivity index (χ0) is 12.5. The smallest absolute Gasteiger partial charge is 0.251 e. The van der Waals surface area contributed by atoms with Crippen LogP contribution in [0, 0.1) is 0 Å². The molecule has 0 aromatic carbocycles. The molecule has 1 amide bonds. The van der Waals surface area contributed by atoms with Crippen LogP contribution in [0.25, 0.3) is 0 Å². The predicted molar refractivity (Wildman–Crippen MR) is 69.0 cm³/mol. The number of piperazine rings is 1. The van der Waals surface area contributed by atoms with Crippen LogP contribution in [-0.2, 0) is 9.53 Å². The maximum absolute atomic E-state index is 12.0. The maximum atomic E-state index is 12.0. The van der Waals surface area contributed by atoms with Gasteiger partial charge in [-0.25, -0.2) is 0 Å². The summed E-state index contributed by atoms with van der Waals surface area (Å²) in [5, 5.41) is 3.24. The molecule has 1 saturated heterocycles. The SMILES string of the molecule is CCCCCCOC(C)C(=O)N1CCNCC1. The number of hydrogen-bond acceptors (Lipinski definition) is 3. The lowest BCUT2D eigenvalue weighted by molar-refractivity contribution is -0.143. The largest absolute Gasteiger partial charge is 0.369 e. The summed E-state index contributed by atoms with van der Waals surface area (Å²) < 4.78 is 5.59. The number of unbranched alkanes of at least 4 members (excludes halogenated alkanes) is 3. The summed E-state index contributed by atoms with van der Waals surface area (Å²) >= 11 is 0. The minimum Gasteiger partial charge on any atom is -0.369 e. The van der Waals surface area contributed by atoms with Crippen molar-refractivity contribution < 1.29 is 9.53 Å². The van der Waals surface area contributed by atoms with E-state index in [9.17, 15) is 4.79 Å². The first-order valence-electron chi connectivity index (χ1n) is 6.86. The Hall–Kier alpha value is -0.610. The molecule has 0 aliphatic carbocycles. The van der Waals surface area contributed by atoms with Gasteiger partial charge in [0.2, 0.25) is 0 Å². The monoisotopic (exact) mass is 242 g/mol. The average molecular weight is 242 g/mol. The molecular weight excluding hydrogens is 216 g/mol. The van der Waals surface area contributed by atoms with E-state index in [1.165, 1.54) is 19.3 Å². The average Bonchev–Trinajstić information content (AvgIpc) is 2.38. The predicted octanol–water partition coefficient (Wildman–Crippen LogP) is 1.40. The molecule has 17 heavy (non-hydrogen) atoms. The normalized spacial score (nSPS) is 18.1. The molecule has 1 unspecified atom stereocenters. The van der Waals surface area contributed by atoms with E-state index in [1.54, 1.807) is 0 Å². The van der Waals surface area contributed by atoms with Crippen molar-refractivity contribution in [3.8, 4) is 0 Å². The van der Waals surface area contributed by atoms with Gasteiger partial charge in [0, 0.05) is 32.8 Å². The summed E-state index contributed by atoms with van der Waals surface area (Å²) in [7, 11) is 0. The topological polar surface area (TPSA) is 41.6 Å². The molecule has 0 aromatic heterocycles. The lowest BCUT2D eigenvalue weighted by Gasteiger charge is -2.29. The molecule has 100 valence electrons. The standard InChI is InChI=1S/C13H26N2O2/c1-3-4-5-6-11-17-12(2)13(16)15-9-7-14-8-10-15/h12,14H,3-11H2,1-2H3. The lowest BCUT2D eigenvalue weighted by atomic mass is 10.2. The first-order chi connectivity index (χ1) is 8.25. The van der Waals surface area contributed by atoms with Crippen molar-refractivity contribution in [3.05, 3.63) is 0 Å². The third-order valence-electron chi connectivity index (χ3n) is 3.14. The number of nitrogens with zero attached hydrogens (tertiary/aromatic N) is 1. The van der Waals surface area contributed by atoms with Gasteiger partial charge in [-0.1, -0.05) is 26.2 Å². The Morgan fingerprint density at radius 3 is 2.65 bits per heavy atom. The van der Waals surface area contributed by atoms with E-state index in [1.807, 2.05) is 11.8 Å². The zero-order valence-electron chi connectivity index (χ0n) is 11.2. The van der Waals surface area contributed by atoms with E-state index in [2.05, 4.69) is 12.2 Å². The second-order valence-corrected chi connectivity index (χ2v) is 4.65. The van der Waals surface area contributed by atoms with E-state index in [0.717, 1.165) is 32.6 Å². The van der Waals surface area contributed by atoms with Crippen LogP contribution in [0.15, 0.2) is 0 Å². The minimum atomic E-state index is -0.283. The Balaban J connectivity index is 2.12. The Morgan fingerprint density at radius 1 is 1.29 bits per heavy atom. The number of carbonyl (C=O) groups is 1. The highest BCUT2D eigenvalue weighted by atomic mass is 16.5. The Bertz CT molecular complexity index is 215. The van der Waals surface area contributed by atoms with E-state index in [0.29, 0.717) is 6.61 Å². The zero-order valence-corrected chi connectivity index (χ0v) is 11.2. The maximum Gasteiger partial charge on any atom is 0.251 e. The van der Waals surface area contributed by atoms with E-state index in [-0.39, 0.29) is 12.0 Å². The fourth-order valence-corrected chi connectivity index (χ4v) is 2.00. The summed E-state index contributed by atoms with van der Waals surface area (Å²) in [6.45, 7) is 8.18. The molecule has 1 fully saturated rings. The summed E-state index contributed by atoms with van der Waals surface area (Å²) in [4.78, 5) is 13.9. The second kappa shape index (κ2) is 8.48. The Morgan fingerprint density at radius 2 is 2.00 bits per heavy atom. The van der Waals surface area contributed by atoms with Crippen LogP contribution in [0.2, 0.25) is 0 Å². The molecule has 0 aromatic rings. The molecule has 1 atom stereocenters. The summed E-state index contributed by atoms with van der Waals surface area (Å²) in [5.41, 5.74) is 0. The quantitative estimate of drug-likeness (QED) is 0.686. The van der Waals surface area contributed by atoms with Gasteiger partial charge < -0.3 is 15.0 Å². The molecule has 0 spiro atoms. The van der Waals surface area contributed by atoms with Crippen molar-refractivity contribution in [1.82, 2.24) is 10.2 Å². The van der Waals surface area contributed by atoms with Crippen molar-refractivity contribution in [3.63, 3.8) is 0 Å². The third-order valence-corrected chi connectivity index (χ3v) is 3.14. The number of amides is 1. The van der Waals surface area contributed by atoms with E-state index in [4.69, 9.17) is 4.74 Å². The Labute approximate surface area is 105 Å². The van der Waals surface area contributed by atoms with Gasteiger partial charge in [-0.2, -0.15) is 0 Å². The van der Waals surface area contributed by atoms with Gasteiger partial charge in [0.25, 0.3) is 5.91 Å². The van der Waals surface area contributed by atoms with Crippen LogP contribution in [0.3, 0.4) is 0 Å². The van der Waals surface area contributed by atoms with Crippen LogP contribution in [-0.4, -0.2) is 49.7 Å². The van der Waals surface area contributed by atoms with E-state index >= 15 is 0 Å². The van der Waals surface area contributed by atoms with Crippen molar-refractivity contribution in [2.24, 2.45) is 0 Å². The van der Waals surface area contributed by atoms with Gasteiger partial charge in [-0.3, -0.25) is 4.79 Å². The number of rotatable bonds is 7. The van der Waals surface area contributed by atoms with Gasteiger partial charge >= 0.3 is 0 Å². The van der Waals surface area contributed by atoms with Crippen LogP contribution in [0.1, 0.15) is 39.5 Å². The molecule has 1 heterocycles. The highest BCUT2D eigenvalue weighted by Crippen LogP contribution is 2.04. The van der Waals surface area contributed by atoms with Crippen LogP contribution < -0.4 is 5.32 Å². The number of hydrogen-bond donors (Lipinski definition) is 1. The molecule has 4 heteroatoms.